The summed E-state index contributed by atoms with van der Waals surface area (Å²) in [5, 5.41) is 11.7. The smallest absolute Gasteiger partial charge is 0.227 e. The van der Waals surface area contributed by atoms with Crippen LogP contribution in [0.5, 0.6) is 0 Å². The third-order valence-electron chi connectivity index (χ3n) is 2.51. The van der Waals surface area contributed by atoms with E-state index >= 15 is 0 Å². The van der Waals surface area contributed by atoms with Crippen LogP contribution in [0.3, 0.4) is 0 Å². The molecule has 1 rings (SSSR count). The van der Waals surface area contributed by atoms with Gasteiger partial charge in [0.1, 0.15) is 0 Å². The van der Waals surface area contributed by atoms with E-state index in [0.29, 0.717) is 6.42 Å². The summed E-state index contributed by atoms with van der Waals surface area (Å²) in [7, 11) is 0. The molecule has 0 aliphatic heterocycles. The van der Waals surface area contributed by atoms with E-state index in [-0.39, 0.29) is 30.5 Å². The van der Waals surface area contributed by atoms with Gasteiger partial charge in [0.2, 0.25) is 5.91 Å². The highest BCUT2D eigenvalue weighted by Gasteiger charge is 2.23. The van der Waals surface area contributed by atoms with Crippen molar-refractivity contribution in [2.24, 2.45) is 11.7 Å². The summed E-state index contributed by atoms with van der Waals surface area (Å²) in [6, 6.07) is -0.132. The molecule has 1 amide bonds. The van der Waals surface area contributed by atoms with E-state index in [4.69, 9.17) is 10.8 Å². The predicted molar refractivity (Wildman–Crippen MR) is 54.5 cm³/mol. The van der Waals surface area contributed by atoms with Gasteiger partial charge in [0.15, 0.2) is 0 Å². The Hall–Kier alpha value is -0.870. The molecule has 0 fully saturated rings. The number of nitrogens with one attached hydrogen (secondary N) is 1. The maximum Gasteiger partial charge on any atom is 0.227 e. The van der Waals surface area contributed by atoms with Crippen molar-refractivity contribution in [3.63, 3.8) is 0 Å². The lowest BCUT2D eigenvalue weighted by atomic mass is 10.1. The van der Waals surface area contributed by atoms with Gasteiger partial charge in [-0.1, -0.05) is 19.1 Å². The molecule has 0 bridgehead atoms. The zero-order valence-corrected chi connectivity index (χ0v) is 8.44. The van der Waals surface area contributed by atoms with Gasteiger partial charge in [-0.25, -0.2) is 0 Å². The van der Waals surface area contributed by atoms with Crippen LogP contribution in [-0.2, 0) is 4.79 Å². The number of carbonyl (C=O) groups excluding carboxylic acids is 1. The number of aliphatic hydroxyl groups excluding tert-OH is 1. The molecule has 0 radical (unpaired) electrons. The van der Waals surface area contributed by atoms with E-state index in [9.17, 15) is 4.79 Å². The topological polar surface area (TPSA) is 75.3 Å². The Balaban J connectivity index is 2.39. The second-order valence-corrected chi connectivity index (χ2v) is 3.69. The van der Waals surface area contributed by atoms with Crippen molar-refractivity contribution in [3.05, 3.63) is 12.2 Å². The highest BCUT2D eigenvalue weighted by atomic mass is 16.3. The molecule has 0 spiro atoms. The van der Waals surface area contributed by atoms with Gasteiger partial charge < -0.3 is 16.2 Å². The van der Waals surface area contributed by atoms with Crippen molar-refractivity contribution in [1.82, 2.24) is 5.32 Å². The van der Waals surface area contributed by atoms with E-state index in [1.54, 1.807) is 0 Å². The highest BCUT2D eigenvalue weighted by molar-refractivity contribution is 5.81. The van der Waals surface area contributed by atoms with Crippen LogP contribution in [0.15, 0.2) is 12.2 Å². The van der Waals surface area contributed by atoms with Gasteiger partial charge in [-0.15, -0.1) is 0 Å². The fourth-order valence-corrected chi connectivity index (χ4v) is 1.51. The first-order valence-corrected chi connectivity index (χ1v) is 5.02. The molecule has 0 aromatic heterocycles. The van der Waals surface area contributed by atoms with Crippen LogP contribution in [0.2, 0.25) is 0 Å². The number of carbonyl (C=O) groups is 1. The molecule has 14 heavy (non-hydrogen) atoms. The highest BCUT2D eigenvalue weighted by Crippen LogP contribution is 2.16. The maximum absolute atomic E-state index is 11.6. The number of hydrogen-bond acceptors (Lipinski definition) is 3. The average molecular weight is 198 g/mol. The van der Waals surface area contributed by atoms with Gasteiger partial charge in [0.25, 0.3) is 0 Å². The van der Waals surface area contributed by atoms with E-state index in [1.165, 1.54) is 0 Å². The summed E-state index contributed by atoms with van der Waals surface area (Å²) in [5.41, 5.74) is 5.64. The minimum absolute atomic E-state index is 0.0000435. The van der Waals surface area contributed by atoms with Crippen LogP contribution < -0.4 is 11.1 Å². The second kappa shape index (κ2) is 5.12. The van der Waals surface area contributed by atoms with Crippen molar-refractivity contribution in [3.8, 4) is 0 Å². The lowest BCUT2D eigenvalue weighted by Crippen LogP contribution is -2.40. The zero-order chi connectivity index (χ0) is 10.6. The first kappa shape index (κ1) is 11.2. The number of hydrogen-bond donors (Lipinski definition) is 3. The molecule has 3 atom stereocenters. The molecule has 0 aromatic carbocycles. The van der Waals surface area contributed by atoms with E-state index in [0.717, 1.165) is 6.42 Å². The van der Waals surface area contributed by atoms with Crippen molar-refractivity contribution in [2.45, 2.75) is 31.8 Å². The third kappa shape index (κ3) is 2.82. The minimum Gasteiger partial charge on any atom is -0.394 e. The Kier molecular flexibility index (Phi) is 4.10. The predicted octanol–water partition coefficient (Wildman–Crippen LogP) is -0.223. The van der Waals surface area contributed by atoms with Gasteiger partial charge in [-0.05, 0) is 12.8 Å². The number of nitrogens with two attached hydrogens (primary N) is 1. The number of amides is 1. The molecule has 0 aromatic rings. The first-order chi connectivity index (χ1) is 6.67. The SMILES string of the molecule is CC[C@@H](CO)NC(=O)C1C=CC(N)C1. The Morgan fingerprint density at radius 1 is 1.71 bits per heavy atom. The van der Waals surface area contributed by atoms with Crippen LogP contribution in [0.1, 0.15) is 19.8 Å². The quantitative estimate of drug-likeness (QED) is 0.546. The molecule has 1 aliphatic carbocycles. The maximum atomic E-state index is 11.6. The molecule has 4 N–H and O–H groups in total. The van der Waals surface area contributed by atoms with Crippen LogP contribution in [0.25, 0.3) is 0 Å². The monoisotopic (exact) mass is 198 g/mol. The van der Waals surface area contributed by atoms with E-state index in [2.05, 4.69) is 5.32 Å². The summed E-state index contributed by atoms with van der Waals surface area (Å²) in [6.07, 6.45) is 5.10. The molecule has 0 saturated heterocycles. The van der Waals surface area contributed by atoms with E-state index in [1.807, 2.05) is 19.1 Å². The molecule has 0 saturated carbocycles. The van der Waals surface area contributed by atoms with Crippen LogP contribution in [-0.4, -0.2) is 29.7 Å². The summed E-state index contributed by atoms with van der Waals surface area (Å²) in [5.74, 6) is -0.152. The van der Waals surface area contributed by atoms with Crippen molar-refractivity contribution >= 4 is 5.91 Å². The molecule has 1 aliphatic rings. The van der Waals surface area contributed by atoms with Gasteiger partial charge >= 0.3 is 0 Å². The summed E-state index contributed by atoms with van der Waals surface area (Å²) in [4.78, 5) is 11.6. The normalized spacial score (nSPS) is 27.6. The first-order valence-electron chi connectivity index (χ1n) is 5.02. The fourth-order valence-electron chi connectivity index (χ4n) is 1.51. The largest absolute Gasteiger partial charge is 0.394 e. The van der Waals surface area contributed by atoms with Crippen LogP contribution in [0.4, 0.5) is 0 Å². The molecule has 4 heteroatoms. The number of aliphatic hydroxyl groups is 1. The Bertz CT molecular complexity index is 224. The lowest BCUT2D eigenvalue weighted by molar-refractivity contribution is -0.124. The molecule has 4 nitrogen and oxygen atoms in total. The number of rotatable bonds is 4. The van der Waals surface area contributed by atoms with Crippen LogP contribution in [0, 0.1) is 5.92 Å². The Morgan fingerprint density at radius 2 is 2.43 bits per heavy atom. The molecule has 0 heterocycles. The fraction of sp³-hybridized carbons (Fsp3) is 0.700. The molecule has 80 valence electrons. The lowest BCUT2D eigenvalue weighted by Gasteiger charge is -2.16. The van der Waals surface area contributed by atoms with Gasteiger partial charge in [-0.3, -0.25) is 4.79 Å². The minimum atomic E-state index is -0.132. The average Bonchev–Trinajstić information content (AvgIpc) is 2.61. The molecular weight excluding hydrogens is 180 g/mol. The van der Waals surface area contributed by atoms with Gasteiger partial charge in [-0.2, -0.15) is 0 Å². The Morgan fingerprint density at radius 3 is 2.86 bits per heavy atom. The molecule has 2 unspecified atom stereocenters. The van der Waals surface area contributed by atoms with Gasteiger partial charge in [0.05, 0.1) is 18.6 Å². The van der Waals surface area contributed by atoms with Crippen molar-refractivity contribution in [2.75, 3.05) is 6.61 Å². The summed E-state index contributed by atoms with van der Waals surface area (Å²) < 4.78 is 0. The van der Waals surface area contributed by atoms with Crippen molar-refractivity contribution in [1.29, 1.82) is 0 Å². The summed E-state index contributed by atoms with van der Waals surface area (Å²) >= 11 is 0. The van der Waals surface area contributed by atoms with Crippen LogP contribution >= 0.6 is 0 Å². The zero-order valence-electron chi connectivity index (χ0n) is 8.44. The van der Waals surface area contributed by atoms with Gasteiger partial charge in [0, 0.05) is 6.04 Å². The standard InChI is InChI=1S/C10H18N2O2/c1-2-9(6-13)12-10(14)7-3-4-8(11)5-7/h3-4,7-9,13H,2,5-6,11H2,1H3,(H,12,14)/t7?,8?,9-/m0/s1. The second-order valence-electron chi connectivity index (χ2n) is 3.69. The molecular formula is C10H18N2O2. The van der Waals surface area contributed by atoms with E-state index < -0.39 is 0 Å². The Labute approximate surface area is 84.2 Å². The third-order valence-corrected chi connectivity index (χ3v) is 2.51. The van der Waals surface area contributed by atoms with Crippen molar-refractivity contribution < 1.29 is 9.90 Å². The summed E-state index contributed by atoms with van der Waals surface area (Å²) in [6.45, 7) is 1.92.